The second kappa shape index (κ2) is 12.8. The molecular formula is C25H31ClN2O3. The van der Waals surface area contributed by atoms with Crippen LogP contribution in [0.2, 0.25) is 5.02 Å². The summed E-state index contributed by atoms with van der Waals surface area (Å²) in [7, 11) is 1.60. The maximum atomic E-state index is 13.4. The zero-order valence-corrected chi connectivity index (χ0v) is 19.2. The summed E-state index contributed by atoms with van der Waals surface area (Å²) in [6.07, 6.45) is 5.48. The maximum Gasteiger partial charge on any atom is 0.270 e. The number of rotatable bonds is 11. The van der Waals surface area contributed by atoms with Gasteiger partial charge in [-0.05, 0) is 48.7 Å². The number of halogens is 1. The van der Waals surface area contributed by atoms with Gasteiger partial charge in [0.05, 0.1) is 17.7 Å². The van der Waals surface area contributed by atoms with E-state index in [0.29, 0.717) is 23.7 Å². The van der Waals surface area contributed by atoms with Gasteiger partial charge < -0.3 is 15.0 Å². The molecule has 0 unspecified atom stereocenters. The molecule has 0 aliphatic carbocycles. The standard InChI is InChI=1S/C25H31ClN2O3/c1-4-6-16-28(17-7-5-2)25(30)23(18-19-12-14-20(31-3)15-13-19)27-24(29)21-10-8-9-11-22(21)26/h8-15,18H,4-7,16-17H2,1-3H3,(H,27,29). The van der Waals surface area contributed by atoms with Crippen molar-refractivity contribution in [3.63, 3.8) is 0 Å². The third-order valence-electron chi connectivity index (χ3n) is 4.87. The number of hydrogen-bond donors (Lipinski definition) is 1. The molecule has 0 saturated carbocycles. The highest BCUT2D eigenvalue weighted by Crippen LogP contribution is 2.18. The first-order valence-electron chi connectivity index (χ1n) is 10.7. The van der Waals surface area contributed by atoms with Gasteiger partial charge in [-0.1, -0.05) is 62.6 Å². The number of unbranched alkanes of at least 4 members (excludes halogenated alkanes) is 2. The van der Waals surface area contributed by atoms with Crippen molar-refractivity contribution in [2.24, 2.45) is 0 Å². The molecule has 31 heavy (non-hydrogen) atoms. The van der Waals surface area contributed by atoms with Gasteiger partial charge in [0.1, 0.15) is 11.4 Å². The van der Waals surface area contributed by atoms with Gasteiger partial charge >= 0.3 is 0 Å². The number of amides is 2. The third-order valence-corrected chi connectivity index (χ3v) is 5.20. The van der Waals surface area contributed by atoms with Gasteiger partial charge in [-0.3, -0.25) is 9.59 Å². The Kier molecular flexibility index (Phi) is 10.1. The molecule has 0 bridgehead atoms. The molecule has 166 valence electrons. The Morgan fingerprint density at radius 2 is 1.61 bits per heavy atom. The SMILES string of the molecule is CCCCN(CCCC)C(=O)C(=Cc1ccc(OC)cc1)NC(=O)c1ccccc1Cl. The van der Waals surface area contributed by atoms with Crippen molar-refractivity contribution in [3.8, 4) is 5.75 Å². The van der Waals surface area contributed by atoms with E-state index < -0.39 is 5.91 Å². The van der Waals surface area contributed by atoms with E-state index in [4.69, 9.17) is 16.3 Å². The fourth-order valence-corrected chi connectivity index (χ4v) is 3.26. The van der Waals surface area contributed by atoms with Crippen LogP contribution in [0.3, 0.4) is 0 Å². The van der Waals surface area contributed by atoms with Gasteiger partial charge in [0, 0.05) is 13.1 Å². The van der Waals surface area contributed by atoms with Gasteiger partial charge in [-0.25, -0.2) is 0 Å². The highest BCUT2D eigenvalue weighted by Gasteiger charge is 2.21. The molecule has 2 aromatic carbocycles. The predicted octanol–water partition coefficient (Wildman–Crippen LogP) is 5.55. The molecule has 0 aliphatic rings. The average molecular weight is 443 g/mol. The molecule has 2 rings (SSSR count). The van der Waals surface area contributed by atoms with Crippen LogP contribution in [-0.4, -0.2) is 36.9 Å². The van der Waals surface area contributed by atoms with E-state index >= 15 is 0 Å². The number of benzene rings is 2. The summed E-state index contributed by atoms with van der Waals surface area (Å²) in [5.74, 6) is 0.111. The Bertz CT molecular complexity index is 886. The normalized spacial score (nSPS) is 11.2. The number of nitrogens with zero attached hydrogens (tertiary/aromatic N) is 1. The number of methoxy groups -OCH3 is 1. The van der Waals surface area contributed by atoms with Crippen molar-refractivity contribution in [2.45, 2.75) is 39.5 Å². The molecule has 0 atom stereocenters. The van der Waals surface area contributed by atoms with Crippen LogP contribution in [0.25, 0.3) is 6.08 Å². The minimum absolute atomic E-state index is 0.196. The topological polar surface area (TPSA) is 58.6 Å². The predicted molar refractivity (Wildman–Crippen MR) is 126 cm³/mol. The lowest BCUT2D eigenvalue weighted by atomic mass is 10.1. The van der Waals surface area contributed by atoms with Crippen LogP contribution >= 0.6 is 11.6 Å². The molecule has 1 N–H and O–H groups in total. The van der Waals surface area contributed by atoms with Gasteiger partial charge in [0.25, 0.3) is 11.8 Å². The van der Waals surface area contributed by atoms with Gasteiger partial charge in [0.2, 0.25) is 0 Å². The second-order valence-electron chi connectivity index (χ2n) is 7.26. The van der Waals surface area contributed by atoms with Crippen molar-refractivity contribution in [1.29, 1.82) is 0 Å². The van der Waals surface area contributed by atoms with Crippen LogP contribution in [-0.2, 0) is 4.79 Å². The van der Waals surface area contributed by atoms with E-state index in [9.17, 15) is 9.59 Å². The summed E-state index contributed by atoms with van der Waals surface area (Å²) in [6, 6.07) is 14.1. The molecule has 2 aromatic rings. The molecular weight excluding hydrogens is 412 g/mol. The third kappa shape index (κ3) is 7.44. The lowest BCUT2D eigenvalue weighted by Crippen LogP contribution is -2.39. The number of hydrogen-bond acceptors (Lipinski definition) is 3. The summed E-state index contributed by atoms with van der Waals surface area (Å²) >= 11 is 6.19. The minimum Gasteiger partial charge on any atom is -0.497 e. The van der Waals surface area contributed by atoms with E-state index in [1.54, 1.807) is 37.5 Å². The number of carbonyl (C=O) groups is 2. The molecule has 5 nitrogen and oxygen atoms in total. The fourth-order valence-electron chi connectivity index (χ4n) is 3.04. The van der Waals surface area contributed by atoms with Crippen LogP contribution in [0.5, 0.6) is 5.75 Å². The molecule has 2 amide bonds. The fraction of sp³-hybridized carbons (Fsp3) is 0.360. The summed E-state index contributed by atoms with van der Waals surface area (Å²) in [6.45, 7) is 5.49. The van der Waals surface area contributed by atoms with Gasteiger partial charge in [-0.2, -0.15) is 0 Å². The first-order valence-corrected chi connectivity index (χ1v) is 11.1. The van der Waals surface area contributed by atoms with Crippen LogP contribution in [0.4, 0.5) is 0 Å². The van der Waals surface area contributed by atoms with Gasteiger partial charge in [-0.15, -0.1) is 0 Å². The van der Waals surface area contributed by atoms with Crippen LogP contribution in [0, 0.1) is 0 Å². The van der Waals surface area contributed by atoms with Crippen molar-refractivity contribution >= 4 is 29.5 Å². The minimum atomic E-state index is -0.412. The van der Waals surface area contributed by atoms with Crippen molar-refractivity contribution in [1.82, 2.24) is 10.2 Å². The summed E-state index contributed by atoms with van der Waals surface area (Å²) < 4.78 is 5.20. The molecule has 0 fully saturated rings. The zero-order chi connectivity index (χ0) is 22.6. The Morgan fingerprint density at radius 3 is 2.16 bits per heavy atom. The number of carbonyl (C=O) groups excluding carboxylic acids is 2. The van der Waals surface area contributed by atoms with Crippen molar-refractivity contribution in [2.75, 3.05) is 20.2 Å². The molecule has 0 spiro atoms. The molecule has 0 aromatic heterocycles. The lowest BCUT2D eigenvalue weighted by molar-refractivity contribution is -0.127. The van der Waals surface area contributed by atoms with Crippen LogP contribution in [0.15, 0.2) is 54.2 Å². The smallest absolute Gasteiger partial charge is 0.270 e. The quantitative estimate of drug-likeness (QED) is 0.464. The molecule has 0 saturated heterocycles. The zero-order valence-electron chi connectivity index (χ0n) is 18.5. The molecule has 0 heterocycles. The first-order chi connectivity index (χ1) is 15.0. The van der Waals surface area contributed by atoms with Crippen molar-refractivity contribution < 1.29 is 14.3 Å². The maximum absolute atomic E-state index is 13.4. The molecule has 0 aliphatic heterocycles. The Morgan fingerprint density at radius 1 is 1.00 bits per heavy atom. The van der Waals surface area contributed by atoms with E-state index in [0.717, 1.165) is 37.0 Å². The monoisotopic (exact) mass is 442 g/mol. The van der Waals surface area contributed by atoms with Crippen molar-refractivity contribution in [3.05, 3.63) is 70.4 Å². The number of ether oxygens (including phenoxy) is 1. The number of nitrogens with one attached hydrogen (secondary N) is 1. The lowest BCUT2D eigenvalue weighted by Gasteiger charge is -2.24. The second-order valence-corrected chi connectivity index (χ2v) is 7.67. The summed E-state index contributed by atoms with van der Waals surface area (Å²) in [4.78, 5) is 28.1. The molecule has 6 heteroatoms. The Balaban J connectivity index is 2.37. The summed E-state index contributed by atoms with van der Waals surface area (Å²) in [5, 5.41) is 3.14. The van der Waals surface area contributed by atoms with E-state index in [1.165, 1.54) is 0 Å². The van der Waals surface area contributed by atoms with E-state index in [-0.39, 0.29) is 11.6 Å². The molecule has 0 radical (unpaired) electrons. The van der Waals surface area contributed by atoms with E-state index in [2.05, 4.69) is 19.2 Å². The average Bonchev–Trinajstić information content (AvgIpc) is 2.79. The largest absolute Gasteiger partial charge is 0.497 e. The van der Waals surface area contributed by atoms with E-state index in [1.807, 2.05) is 29.2 Å². The van der Waals surface area contributed by atoms with Crippen LogP contribution < -0.4 is 10.1 Å². The van der Waals surface area contributed by atoms with Gasteiger partial charge in [0.15, 0.2) is 0 Å². The summed E-state index contributed by atoms with van der Waals surface area (Å²) in [5.41, 5.74) is 1.34. The first kappa shape index (κ1) is 24.5. The highest BCUT2D eigenvalue weighted by molar-refractivity contribution is 6.34. The highest BCUT2D eigenvalue weighted by atomic mass is 35.5. The Labute approximate surface area is 190 Å². The van der Waals surface area contributed by atoms with Crippen LogP contribution in [0.1, 0.15) is 55.5 Å². The Hall–Kier alpha value is -2.79.